The fourth-order valence-electron chi connectivity index (χ4n) is 4.88. The lowest BCUT2D eigenvalue weighted by atomic mass is 9.74. The molecule has 2 aromatic carbocycles. The molecule has 3 rings (SSSR count). The van der Waals surface area contributed by atoms with Crippen LogP contribution in [0, 0.1) is 5.82 Å². The van der Waals surface area contributed by atoms with Crippen molar-refractivity contribution >= 4 is 12.2 Å². The van der Waals surface area contributed by atoms with E-state index in [9.17, 15) is 24.2 Å². The molecule has 1 amide bonds. The van der Waals surface area contributed by atoms with Crippen molar-refractivity contribution in [1.29, 1.82) is 0 Å². The number of aliphatic hydroxyl groups excluding tert-OH is 1. The van der Waals surface area contributed by atoms with Gasteiger partial charge in [0.15, 0.2) is 11.6 Å². The molecule has 0 bridgehead atoms. The van der Waals surface area contributed by atoms with Crippen molar-refractivity contribution < 1.29 is 24.2 Å². The summed E-state index contributed by atoms with van der Waals surface area (Å²) in [7, 11) is 0. The van der Waals surface area contributed by atoms with Crippen molar-refractivity contribution in [2.75, 3.05) is 6.54 Å². The number of hydrogen-bond acceptors (Lipinski definition) is 5. The monoisotopic (exact) mass is 484 g/mol. The first-order valence-electron chi connectivity index (χ1n) is 12.3. The zero-order valence-corrected chi connectivity index (χ0v) is 20.8. The Balaban J connectivity index is 1.81. The molecule has 0 aliphatic heterocycles. The lowest BCUT2D eigenvalue weighted by molar-refractivity contribution is -0.132. The second kappa shape index (κ2) is 11.3. The van der Waals surface area contributed by atoms with Crippen molar-refractivity contribution in [3.63, 3.8) is 0 Å². The van der Waals surface area contributed by atoms with E-state index in [1.165, 1.54) is 23.3 Å². The fourth-order valence-corrected chi connectivity index (χ4v) is 4.88. The van der Waals surface area contributed by atoms with E-state index in [0.29, 0.717) is 5.56 Å². The number of benzene rings is 2. The first-order valence-corrected chi connectivity index (χ1v) is 12.3. The van der Waals surface area contributed by atoms with Crippen LogP contribution in [0.4, 0.5) is 4.39 Å². The van der Waals surface area contributed by atoms with Crippen LogP contribution in [0.15, 0.2) is 42.5 Å². The van der Waals surface area contributed by atoms with E-state index in [1.54, 1.807) is 0 Å². The molecule has 1 aliphatic carbocycles. The SMILES string of the molecule is CC(C)(C)c1cccc(C2(NCC(O)C(Cc3ccc(O)c(F)c3)NC(=O)C=O)CCCCC2)c1. The van der Waals surface area contributed by atoms with Crippen LogP contribution in [0.5, 0.6) is 5.75 Å². The van der Waals surface area contributed by atoms with Crippen LogP contribution in [0.3, 0.4) is 0 Å². The molecule has 1 aliphatic rings. The van der Waals surface area contributed by atoms with Crippen molar-refractivity contribution in [2.24, 2.45) is 0 Å². The highest BCUT2D eigenvalue weighted by molar-refractivity contribution is 6.23. The van der Waals surface area contributed by atoms with Gasteiger partial charge in [0, 0.05) is 12.1 Å². The lowest BCUT2D eigenvalue weighted by Gasteiger charge is -2.41. The van der Waals surface area contributed by atoms with E-state index < -0.39 is 29.6 Å². The number of aldehydes is 1. The predicted molar refractivity (Wildman–Crippen MR) is 134 cm³/mol. The second-order valence-electron chi connectivity index (χ2n) is 10.6. The van der Waals surface area contributed by atoms with Gasteiger partial charge in [-0.15, -0.1) is 0 Å². The molecule has 0 saturated heterocycles. The molecule has 0 heterocycles. The molecular formula is C28H37FN2O4. The molecule has 7 heteroatoms. The summed E-state index contributed by atoms with van der Waals surface area (Å²) < 4.78 is 13.8. The molecule has 0 aromatic heterocycles. The number of halogens is 1. The number of amides is 1. The maximum absolute atomic E-state index is 13.8. The van der Waals surface area contributed by atoms with E-state index >= 15 is 0 Å². The van der Waals surface area contributed by atoms with Crippen LogP contribution in [0.1, 0.15) is 69.6 Å². The van der Waals surface area contributed by atoms with Crippen LogP contribution >= 0.6 is 0 Å². The Labute approximate surface area is 206 Å². The average Bonchev–Trinajstić information content (AvgIpc) is 2.84. The molecule has 1 saturated carbocycles. The Bertz CT molecular complexity index is 1030. The normalized spacial score (nSPS) is 17.4. The number of aliphatic hydroxyl groups is 1. The van der Waals surface area contributed by atoms with Crippen molar-refractivity contribution in [2.45, 2.75) is 82.4 Å². The maximum atomic E-state index is 13.8. The molecule has 35 heavy (non-hydrogen) atoms. The summed E-state index contributed by atoms with van der Waals surface area (Å²) in [6.07, 6.45) is 4.40. The van der Waals surface area contributed by atoms with Gasteiger partial charge in [-0.3, -0.25) is 9.59 Å². The number of hydrogen-bond donors (Lipinski definition) is 4. The smallest absolute Gasteiger partial charge is 0.284 e. The van der Waals surface area contributed by atoms with Crippen LogP contribution in [-0.4, -0.2) is 41.1 Å². The minimum Gasteiger partial charge on any atom is -0.505 e. The highest BCUT2D eigenvalue weighted by Gasteiger charge is 2.35. The molecule has 0 radical (unpaired) electrons. The van der Waals surface area contributed by atoms with Gasteiger partial charge in [0.2, 0.25) is 6.29 Å². The first-order chi connectivity index (χ1) is 16.5. The first kappa shape index (κ1) is 26.8. The van der Waals surface area contributed by atoms with E-state index in [2.05, 4.69) is 55.7 Å². The Morgan fingerprint density at radius 2 is 1.86 bits per heavy atom. The second-order valence-corrected chi connectivity index (χ2v) is 10.6. The molecular weight excluding hydrogens is 447 g/mol. The van der Waals surface area contributed by atoms with Crippen LogP contribution in [0.2, 0.25) is 0 Å². The number of carbonyl (C=O) groups excluding carboxylic acids is 2. The van der Waals surface area contributed by atoms with Crippen LogP contribution < -0.4 is 10.6 Å². The standard InChI is InChI=1S/C28H37FN2O4/c1-27(2,3)20-8-7-9-21(16-20)28(12-5-4-6-13-28)30-17-25(34)23(31-26(35)18-32)15-19-10-11-24(33)22(29)14-19/h7-11,14,16,18,23,25,30,33-34H,4-6,12-13,15,17H2,1-3H3,(H,31,35). The summed E-state index contributed by atoms with van der Waals surface area (Å²) in [5.74, 6) is -2.10. The molecule has 0 spiro atoms. The Kier molecular flexibility index (Phi) is 8.67. The van der Waals surface area contributed by atoms with Gasteiger partial charge in [0.1, 0.15) is 0 Å². The largest absolute Gasteiger partial charge is 0.505 e. The Morgan fingerprint density at radius 3 is 2.49 bits per heavy atom. The highest BCUT2D eigenvalue weighted by atomic mass is 19.1. The molecule has 2 unspecified atom stereocenters. The fraction of sp³-hybridized carbons (Fsp3) is 0.500. The minimum atomic E-state index is -1.03. The minimum absolute atomic E-state index is 0.00891. The van der Waals surface area contributed by atoms with Crippen molar-refractivity contribution in [3.8, 4) is 5.75 Å². The number of phenols is 1. The summed E-state index contributed by atoms with van der Waals surface area (Å²) in [5, 5.41) is 26.7. The molecule has 1 fully saturated rings. The zero-order valence-electron chi connectivity index (χ0n) is 20.8. The summed E-state index contributed by atoms with van der Waals surface area (Å²) in [6, 6.07) is 11.7. The quantitative estimate of drug-likeness (QED) is 0.320. The Morgan fingerprint density at radius 1 is 1.14 bits per heavy atom. The van der Waals surface area contributed by atoms with Gasteiger partial charge in [-0.05, 0) is 53.5 Å². The lowest BCUT2D eigenvalue weighted by Crippen LogP contribution is -2.53. The number of rotatable bonds is 9. The van der Waals surface area contributed by atoms with Gasteiger partial charge in [-0.2, -0.15) is 0 Å². The third-order valence-corrected chi connectivity index (χ3v) is 7.00. The van der Waals surface area contributed by atoms with E-state index in [1.807, 2.05) is 0 Å². The highest BCUT2D eigenvalue weighted by Crippen LogP contribution is 2.38. The maximum Gasteiger partial charge on any atom is 0.284 e. The summed E-state index contributed by atoms with van der Waals surface area (Å²) in [5.41, 5.74) is 2.62. The summed E-state index contributed by atoms with van der Waals surface area (Å²) in [4.78, 5) is 22.8. The summed E-state index contributed by atoms with van der Waals surface area (Å²) in [6.45, 7) is 6.74. The van der Waals surface area contributed by atoms with Gasteiger partial charge >= 0.3 is 0 Å². The van der Waals surface area contributed by atoms with Gasteiger partial charge in [-0.25, -0.2) is 4.39 Å². The third kappa shape index (κ3) is 6.89. The van der Waals surface area contributed by atoms with Gasteiger partial charge in [-0.1, -0.05) is 70.4 Å². The topological polar surface area (TPSA) is 98.7 Å². The van der Waals surface area contributed by atoms with E-state index in [4.69, 9.17) is 0 Å². The molecule has 4 N–H and O–H groups in total. The van der Waals surface area contributed by atoms with Crippen molar-refractivity contribution in [1.82, 2.24) is 10.6 Å². The van der Waals surface area contributed by atoms with Crippen LogP contribution in [0.25, 0.3) is 0 Å². The number of carbonyl (C=O) groups is 2. The van der Waals surface area contributed by atoms with E-state index in [0.717, 1.165) is 38.2 Å². The van der Waals surface area contributed by atoms with E-state index in [-0.39, 0.29) is 30.2 Å². The van der Waals surface area contributed by atoms with Crippen molar-refractivity contribution in [3.05, 3.63) is 65.0 Å². The summed E-state index contributed by atoms with van der Waals surface area (Å²) >= 11 is 0. The van der Waals surface area contributed by atoms with Gasteiger partial charge in [0.25, 0.3) is 5.91 Å². The molecule has 6 nitrogen and oxygen atoms in total. The molecule has 190 valence electrons. The number of nitrogens with one attached hydrogen (secondary N) is 2. The number of phenolic OH excluding ortho intramolecular Hbond substituents is 1. The average molecular weight is 485 g/mol. The van der Waals surface area contributed by atoms with Gasteiger partial charge < -0.3 is 20.8 Å². The molecule has 2 aromatic rings. The third-order valence-electron chi connectivity index (χ3n) is 7.00. The zero-order chi connectivity index (χ0) is 25.6. The Hall–Kier alpha value is -2.77. The molecule has 2 atom stereocenters. The van der Waals surface area contributed by atoms with Gasteiger partial charge in [0.05, 0.1) is 12.1 Å². The number of aromatic hydroxyl groups is 1. The predicted octanol–water partition coefficient (Wildman–Crippen LogP) is 3.87. The van der Waals surface area contributed by atoms with Crippen LogP contribution in [-0.2, 0) is 27.0 Å².